The molecule has 0 unspecified atom stereocenters. The minimum atomic E-state index is -4.14. The van der Waals surface area contributed by atoms with E-state index in [1.165, 1.54) is 17.9 Å². The van der Waals surface area contributed by atoms with Crippen LogP contribution in [0.4, 0.5) is 17.3 Å². The third-order valence-corrected chi connectivity index (χ3v) is 10.4. The maximum atomic E-state index is 16.5. The Hall–Kier alpha value is -3.55. The van der Waals surface area contributed by atoms with E-state index in [2.05, 4.69) is 0 Å². The highest BCUT2D eigenvalue weighted by atomic mass is 19.3. The van der Waals surface area contributed by atoms with E-state index in [4.69, 9.17) is 0 Å². The summed E-state index contributed by atoms with van der Waals surface area (Å²) >= 11 is 0. The van der Waals surface area contributed by atoms with Crippen molar-refractivity contribution >= 4 is 48.9 Å². The molecule has 0 radical (unpaired) electrons. The Balaban J connectivity index is 1.49. The Kier molecular flexibility index (Phi) is 5.53. The molecule has 0 fully saturated rings. The standard InChI is InChI=1S/C32H36B2F4N4/c1-9-21-17(5)39-29(23(21)11-3)15-31-27-13-26-20(8)42-32(28(26)14-25(27)19(7)41(31)33(39,35)36)16-30-24(12-4)22(10-2)18(6)40(30)34(42,37)38/h13-16H,9-12H2,1-8H3. The molecule has 1 aromatic carbocycles. The summed E-state index contributed by atoms with van der Waals surface area (Å²) in [5, 5.41) is 0. The van der Waals surface area contributed by atoms with Crippen molar-refractivity contribution in [3.05, 3.63) is 79.4 Å². The first kappa shape index (κ1) is 27.3. The van der Waals surface area contributed by atoms with Crippen molar-refractivity contribution in [3.8, 4) is 0 Å². The molecule has 6 heterocycles. The lowest BCUT2D eigenvalue weighted by molar-refractivity contribution is -0.318. The molecule has 0 aliphatic carbocycles. The zero-order chi connectivity index (χ0) is 30.2. The monoisotopic (exact) mass is 574 g/mol. The molecule has 0 saturated carbocycles. The van der Waals surface area contributed by atoms with Crippen molar-refractivity contribution in [3.63, 3.8) is 0 Å². The predicted octanol–water partition coefficient (Wildman–Crippen LogP) is 7.30. The van der Waals surface area contributed by atoms with Gasteiger partial charge in [0.1, 0.15) is 11.4 Å². The van der Waals surface area contributed by atoms with Crippen molar-refractivity contribution in [1.29, 1.82) is 0 Å². The van der Waals surface area contributed by atoms with E-state index in [1.54, 1.807) is 27.7 Å². The number of halogens is 4. The Bertz CT molecular complexity index is 1780. The first-order valence-electron chi connectivity index (χ1n) is 15.2. The zero-order valence-corrected chi connectivity index (χ0v) is 25.6. The second-order valence-electron chi connectivity index (χ2n) is 12.1. The zero-order valence-electron chi connectivity index (χ0n) is 25.6. The van der Waals surface area contributed by atoms with Crippen LogP contribution < -0.4 is 0 Å². The Morgan fingerprint density at radius 2 is 0.881 bits per heavy atom. The summed E-state index contributed by atoms with van der Waals surface area (Å²) in [5.41, 5.74) is 10.7. The van der Waals surface area contributed by atoms with Crippen LogP contribution in [0.1, 0.15) is 109 Å². The molecule has 3 aromatic rings. The summed E-state index contributed by atoms with van der Waals surface area (Å²) in [6.45, 7) is 6.78. The lowest BCUT2D eigenvalue weighted by Crippen LogP contribution is -2.50. The van der Waals surface area contributed by atoms with Gasteiger partial charge < -0.3 is 35.2 Å². The van der Waals surface area contributed by atoms with Gasteiger partial charge >= 0.3 is 13.9 Å². The van der Waals surface area contributed by atoms with Gasteiger partial charge in [0, 0.05) is 37.4 Å². The SMILES string of the molecule is CCc1c(CC)c2n(c1C)[B-](F)(F)[N+]1=C(C)c3cc4c(cc3C1=C2)C(C)=[N+]1C4=Cc2c(CC)c(CC)c(C)n2[B-]1(F)F. The molecule has 2 aromatic heterocycles. The van der Waals surface area contributed by atoms with Crippen LogP contribution in [-0.2, 0) is 25.7 Å². The van der Waals surface area contributed by atoms with Gasteiger partial charge in [0.15, 0.2) is 11.4 Å². The van der Waals surface area contributed by atoms with Crippen molar-refractivity contribution in [2.45, 2.75) is 81.1 Å². The fourth-order valence-corrected chi connectivity index (χ4v) is 8.62. The minimum Gasteiger partial charge on any atom is -0.394 e. The number of nitrogens with zero attached hydrogens (tertiary/aromatic N) is 4. The lowest BCUT2D eigenvalue weighted by Gasteiger charge is -2.30. The summed E-state index contributed by atoms with van der Waals surface area (Å²) in [7, 11) is 0. The van der Waals surface area contributed by atoms with Gasteiger partial charge in [-0.05, 0) is 85.3 Å². The van der Waals surface area contributed by atoms with E-state index in [0.29, 0.717) is 93.5 Å². The average Bonchev–Trinajstić information content (AvgIpc) is 3.59. The van der Waals surface area contributed by atoms with Gasteiger partial charge in [0.25, 0.3) is 0 Å². The second kappa shape index (κ2) is 8.51. The molecule has 7 rings (SSSR count). The van der Waals surface area contributed by atoms with Gasteiger partial charge in [-0.15, -0.1) is 0 Å². The molecule has 218 valence electrons. The van der Waals surface area contributed by atoms with Crippen LogP contribution in [0, 0.1) is 13.8 Å². The normalized spacial score (nSPS) is 18.9. The Labute approximate surface area is 244 Å². The lowest BCUT2D eigenvalue weighted by atomic mass is 9.88. The van der Waals surface area contributed by atoms with E-state index in [9.17, 15) is 0 Å². The molecule has 10 heteroatoms. The quantitative estimate of drug-likeness (QED) is 0.230. The first-order valence-corrected chi connectivity index (χ1v) is 15.2. The maximum Gasteiger partial charge on any atom is 0.737 e. The van der Waals surface area contributed by atoms with Crippen LogP contribution in [0.15, 0.2) is 12.1 Å². The van der Waals surface area contributed by atoms with E-state index in [-0.39, 0.29) is 0 Å². The molecule has 0 atom stereocenters. The summed E-state index contributed by atoms with van der Waals surface area (Å²) in [4.78, 5) is 0. The molecule has 4 aliphatic heterocycles. The third-order valence-electron chi connectivity index (χ3n) is 10.4. The smallest absolute Gasteiger partial charge is 0.394 e. The van der Waals surface area contributed by atoms with Crippen LogP contribution in [0.5, 0.6) is 0 Å². The molecule has 42 heavy (non-hydrogen) atoms. The summed E-state index contributed by atoms with van der Waals surface area (Å²) in [6.07, 6.45) is 6.47. The Morgan fingerprint density at radius 3 is 1.19 bits per heavy atom. The average molecular weight is 574 g/mol. The van der Waals surface area contributed by atoms with Crippen LogP contribution in [0.2, 0.25) is 0 Å². The molecular formula is C32H36B2F4N4. The molecule has 0 amide bonds. The molecule has 0 saturated heterocycles. The van der Waals surface area contributed by atoms with Crippen molar-refractivity contribution in [2.75, 3.05) is 0 Å². The number of aromatic nitrogens is 2. The number of fused-ring (bicyclic) bond motifs is 8. The number of hydrogen-bond donors (Lipinski definition) is 0. The fourth-order valence-electron chi connectivity index (χ4n) is 8.62. The first-order chi connectivity index (χ1) is 19.9. The molecule has 0 spiro atoms. The van der Waals surface area contributed by atoms with E-state index < -0.39 is 13.9 Å². The number of benzene rings is 1. The maximum absolute atomic E-state index is 16.5. The number of hydrogen-bond acceptors (Lipinski definition) is 0. The van der Waals surface area contributed by atoms with Crippen molar-refractivity contribution in [2.24, 2.45) is 0 Å². The van der Waals surface area contributed by atoms with E-state index in [0.717, 1.165) is 22.3 Å². The largest absolute Gasteiger partial charge is 0.737 e. The van der Waals surface area contributed by atoms with Gasteiger partial charge in [-0.25, -0.2) is 0 Å². The second-order valence-corrected chi connectivity index (χ2v) is 12.1. The molecule has 4 aliphatic rings. The molecule has 4 nitrogen and oxygen atoms in total. The van der Waals surface area contributed by atoms with Crippen molar-refractivity contribution < 1.29 is 26.2 Å². The predicted molar refractivity (Wildman–Crippen MR) is 165 cm³/mol. The van der Waals surface area contributed by atoms with Gasteiger partial charge in [-0.3, -0.25) is 0 Å². The molecular weight excluding hydrogens is 538 g/mol. The van der Waals surface area contributed by atoms with Gasteiger partial charge in [0.2, 0.25) is 0 Å². The van der Waals surface area contributed by atoms with Gasteiger partial charge in [0.05, 0.1) is 22.3 Å². The van der Waals surface area contributed by atoms with Crippen LogP contribution in [0.3, 0.4) is 0 Å². The van der Waals surface area contributed by atoms with Crippen LogP contribution in [-0.4, -0.2) is 43.3 Å². The highest BCUT2D eigenvalue weighted by molar-refractivity contribution is 6.60. The van der Waals surface area contributed by atoms with Gasteiger partial charge in [-0.2, -0.15) is 0 Å². The number of rotatable bonds is 4. The third kappa shape index (κ3) is 2.96. The van der Waals surface area contributed by atoms with E-state index in [1.807, 2.05) is 52.0 Å². The summed E-state index contributed by atoms with van der Waals surface area (Å²) in [5.74, 6) is 0. The van der Waals surface area contributed by atoms with E-state index >= 15 is 17.3 Å². The van der Waals surface area contributed by atoms with Gasteiger partial charge in [-0.1, -0.05) is 27.7 Å². The molecule has 0 N–H and O–H groups in total. The summed E-state index contributed by atoms with van der Waals surface area (Å²) < 4.78 is 71.0. The highest BCUT2D eigenvalue weighted by Gasteiger charge is 2.57. The highest BCUT2D eigenvalue weighted by Crippen LogP contribution is 2.47. The Morgan fingerprint density at radius 1 is 0.548 bits per heavy atom. The van der Waals surface area contributed by atoms with Crippen molar-refractivity contribution in [1.82, 2.24) is 8.96 Å². The van der Waals surface area contributed by atoms with Crippen LogP contribution >= 0.6 is 0 Å². The minimum absolute atomic E-state index is 0.449. The topological polar surface area (TPSA) is 15.9 Å². The molecule has 0 bridgehead atoms. The van der Waals surface area contributed by atoms with Crippen LogP contribution in [0.25, 0.3) is 23.5 Å². The summed E-state index contributed by atoms with van der Waals surface area (Å²) in [6, 6.07) is 3.73. The fraction of sp³-hybridized carbons (Fsp3) is 0.375.